The fourth-order valence-corrected chi connectivity index (χ4v) is 2.44. The molecule has 3 rings (SSSR count). The van der Waals surface area contributed by atoms with Crippen molar-refractivity contribution in [3.63, 3.8) is 0 Å². The number of rotatable bonds is 3. The monoisotopic (exact) mass is 288 g/mol. The Morgan fingerprint density at radius 1 is 1.40 bits per heavy atom. The van der Waals surface area contributed by atoms with Gasteiger partial charge in [-0.3, -0.25) is 9.89 Å². The number of thioether (sulfide) groups is 1. The molecule has 0 saturated heterocycles. The number of nitrogen functional groups attached to an aromatic ring is 1. The zero-order valence-corrected chi connectivity index (χ0v) is 11.5. The molecule has 0 amide bonds. The molecule has 3 N–H and O–H groups in total. The maximum Gasteiger partial charge on any atom is 0.274 e. The lowest BCUT2D eigenvalue weighted by Crippen LogP contribution is -2.15. The molecular formula is C12H12N6OS. The van der Waals surface area contributed by atoms with E-state index < -0.39 is 0 Å². The summed E-state index contributed by atoms with van der Waals surface area (Å²) in [6.45, 7) is 1.99. The van der Waals surface area contributed by atoms with Gasteiger partial charge in [0.2, 0.25) is 5.95 Å². The fraction of sp³-hybridized carbons (Fsp3) is 0.167. The largest absolute Gasteiger partial charge is 0.368 e. The third-order valence-corrected chi connectivity index (χ3v) is 3.63. The molecule has 0 aliphatic rings. The Morgan fingerprint density at radius 3 is 3.00 bits per heavy atom. The molecule has 3 aromatic heterocycles. The Hall–Kier alpha value is -2.35. The summed E-state index contributed by atoms with van der Waals surface area (Å²) in [5, 5.41) is 3.51. The Bertz CT molecular complexity index is 807. The topological polar surface area (TPSA) is 102 Å². The molecule has 0 fully saturated rings. The van der Waals surface area contributed by atoms with Crippen LogP contribution in [0.1, 0.15) is 11.3 Å². The summed E-state index contributed by atoms with van der Waals surface area (Å²) in [5.74, 6) is 0.997. The molecule has 0 aliphatic heterocycles. The lowest BCUT2D eigenvalue weighted by atomic mass is 10.3. The minimum atomic E-state index is -0.230. The van der Waals surface area contributed by atoms with Crippen LogP contribution >= 0.6 is 11.8 Å². The van der Waals surface area contributed by atoms with Crippen LogP contribution in [-0.4, -0.2) is 24.6 Å². The predicted molar refractivity (Wildman–Crippen MR) is 76.6 cm³/mol. The van der Waals surface area contributed by atoms with Crippen molar-refractivity contribution in [2.24, 2.45) is 0 Å². The Labute approximate surface area is 118 Å². The van der Waals surface area contributed by atoms with Gasteiger partial charge in [0.1, 0.15) is 0 Å². The van der Waals surface area contributed by atoms with Gasteiger partial charge in [-0.05, 0) is 18.6 Å². The summed E-state index contributed by atoms with van der Waals surface area (Å²) in [6.07, 6.45) is 1.81. The summed E-state index contributed by atoms with van der Waals surface area (Å²) in [4.78, 5) is 24.4. The average molecular weight is 288 g/mol. The maximum absolute atomic E-state index is 11.8. The van der Waals surface area contributed by atoms with E-state index in [-0.39, 0.29) is 17.3 Å². The Balaban J connectivity index is 1.84. The van der Waals surface area contributed by atoms with E-state index in [2.05, 4.69) is 20.1 Å². The number of aromatic amines is 1. The van der Waals surface area contributed by atoms with Crippen LogP contribution in [-0.2, 0) is 5.75 Å². The highest BCUT2D eigenvalue weighted by Gasteiger charge is 2.07. The lowest BCUT2D eigenvalue weighted by Gasteiger charge is -2.01. The first-order chi connectivity index (χ1) is 9.61. The van der Waals surface area contributed by atoms with E-state index in [4.69, 9.17) is 5.73 Å². The van der Waals surface area contributed by atoms with Gasteiger partial charge in [-0.2, -0.15) is 9.50 Å². The SMILES string of the molecule is Cc1ccc(SCc2cc(=O)n3[nH]c(N)nc3n2)nc1. The molecule has 0 spiro atoms. The molecule has 0 aromatic carbocycles. The molecule has 0 saturated carbocycles. The molecule has 8 heteroatoms. The average Bonchev–Trinajstić information content (AvgIpc) is 2.79. The number of fused-ring (bicyclic) bond motifs is 1. The van der Waals surface area contributed by atoms with E-state index in [0.29, 0.717) is 11.4 Å². The third kappa shape index (κ3) is 2.50. The van der Waals surface area contributed by atoms with E-state index in [9.17, 15) is 4.79 Å². The normalized spacial score (nSPS) is 11.1. The third-order valence-electron chi connectivity index (χ3n) is 2.65. The fourth-order valence-electron chi connectivity index (χ4n) is 1.71. The highest BCUT2D eigenvalue weighted by Crippen LogP contribution is 2.19. The molecule has 3 heterocycles. The summed E-state index contributed by atoms with van der Waals surface area (Å²) < 4.78 is 1.22. The molecule has 0 unspecified atom stereocenters. The first-order valence-corrected chi connectivity index (χ1v) is 6.90. The summed E-state index contributed by atoms with van der Waals surface area (Å²) in [6, 6.07) is 5.40. The first-order valence-electron chi connectivity index (χ1n) is 5.91. The standard InChI is InChI=1S/C12H12N6OS/c1-7-2-3-9(14-5-7)20-6-8-4-10(19)18-12(15-8)16-11(13)17-18/h2-5H,6H2,1H3,(H3,13,15,16,17). The quantitative estimate of drug-likeness (QED) is 0.697. The van der Waals surface area contributed by atoms with Gasteiger partial charge >= 0.3 is 0 Å². The van der Waals surface area contributed by atoms with Crippen LogP contribution in [0.25, 0.3) is 5.78 Å². The number of aromatic nitrogens is 5. The van der Waals surface area contributed by atoms with Gasteiger partial charge in [0, 0.05) is 18.0 Å². The Morgan fingerprint density at radius 2 is 2.25 bits per heavy atom. The molecule has 20 heavy (non-hydrogen) atoms. The highest BCUT2D eigenvalue weighted by molar-refractivity contribution is 7.98. The number of nitrogens with two attached hydrogens (primary N) is 1. The van der Waals surface area contributed by atoms with E-state index >= 15 is 0 Å². The minimum Gasteiger partial charge on any atom is -0.368 e. The van der Waals surface area contributed by atoms with Crippen molar-refractivity contribution >= 4 is 23.5 Å². The number of anilines is 1. The molecule has 3 aromatic rings. The number of H-pyrrole nitrogens is 1. The summed E-state index contributed by atoms with van der Waals surface area (Å²) in [7, 11) is 0. The van der Waals surface area contributed by atoms with Crippen LogP contribution in [0.3, 0.4) is 0 Å². The number of hydrogen-bond donors (Lipinski definition) is 2. The molecular weight excluding hydrogens is 276 g/mol. The second kappa shape index (κ2) is 4.97. The van der Waals surface area contributed by atoms with Crippen molar-refractivity contribution in [3.05, 3.63) is 46.0 Å². The minimum absolute atomic E-state index is 0.166. The second-order valence-corrected chi connectivity index (χ2v) is 5.29. The smallest absolute Gasteiger partial charge is 0.274 e. The van der Waals surface area contributed by atoms with Crippen molar-refractivity contribution in [2.75, 3.05) is 5.73 Å². The van der Waals surface area contributed by atoms with Crippen LogP contribution in [0.4, 0.5) is 5.95 Å². The van der Waals surface area contributed by atoms with E-state index in [1.807, 2.05) is 25.3 Å². The van der Waals surface area contributed by atoms with Gasteiger partial charge in [0.25, 0.3) is 11.3 Å². The number of aryl methyl sites for hydroxylation is 1. The highest BCUT2D eigenvalue weighted by atomic mass is 32.2. The number of pyridine rings is 1. The van der Waals surface area contributed by atoms with Crippen molar-refractivity contribution in [3.8, 4) is 0 Å². The maximum atomic E-state index is 11.8. The van der Waals surface area contributed by atoms with Gasteiger partial charge < -0.3 is 5.73 Å². The van der Waals surface area contributed by atoms with E-state index in [0.717, 1.165) is 10.6 Å². The molecule has 0 atom stereocenters. The zero-order valence-electron chi connectivity index (χ0n) is 10.7. The van der Waals surface area contributed by atoms with Crippen LogP contribution in [0.2, 0.25) is 0 Å². The second-order valence-electron chi connectivity index (χ2n) is 4.29. The molecule has 0 radical (unpaired) electrons. The molecule has 102 valence electrons. The van der Waals surface area contributed by atoms with Crippen LogP contribution in [0.5, 0.6) is 0 Å². The number of nitrogens with one attached hydrogen (secondary N) is 1. The van der Waals surface area contributed by atoms with Gasteiger partial charge in [-0.15, -0.1) is 11.8 Å². The van der Waals surface area contributed by atoms with Crippen molar-refractivity contribution < 1.29 is 0 Å². The Kier molecular flexibility index (Phi) is 3.15. The van der Waals surface area contributed by atoms with Gasteiger partial charge in [0.15, 0.2) is 0 Å². The zero-order chi connectivity index (χ0) is 14.1. The van der Waals surface area contributed by atoms with Crippen LogP contribution in [0.15, 0.2) is 34.2 Å². The van der Waals surface area contributed by atoms with Crippen LogP contribution < -0.4 is 11.3 Å². The van der Waals surface area contributed by atoms with E-state index in [1.165, 1.54) is 22.3 Å². The molecule has 0 bridgehead atoms. The predicted octanol–water partition coefficient (Wildman–Crippen LogP) is 0.996. The van der Waals surface area contributed by atoms with E-state index in [1.54, 1.807) is 0 Å². The number of nitrogens with zero attached hydrogens (tertiary/aromatic N) is 4. The van der Waals surface area contributed by atoms with Crippen molar-refractivity contribution in [1.82, 2.24) is 24.6 Å². The van der Waals surface area contributed by atoms with Gasteiger partial charge in [0.05, 0.1) is 10.7 Å². The number of hydrogen-bond acceptors (Lipinski definition) is 6. The van der Waals surface area contributed by atoms with Crippen molar-refractivity contribution in [2.45, 2.75) is 17.7 Å². The van der Waals surface area contributed by atoms with Crippen LogP contribution in [0, 0.1) is 6.92 Å². The van der Waals surface area contributed by atoms with Gasteiger partial charge in [-0.25, -0.2) is 9.97 Å². The lowest BCUT2D eigenvalue weighted by molar-refractivity contribution is 0.891. The summed E-state index contributed by atoms with van der Waals surface area (Å²) in [5.41, 5.74) is 7.03. The van der Waals surface area contributed by atoms with Crippen molar-refractivity contribution in [1.29, 1.82) is 0 Å². The van der Waals surface area contributed by atoms with Gasteiger partial charge in [-0.1, -0.05) is 6.07 Å². The summed E-state index contributed by atoms with van der Waals surface area (Å²) >= 11 is 1.52. The molecule has 0 aliphatic carbocycles. The first kappa shape index (κ1) is 12.7. The molecule has 7 nitrogen and oxygen atoms in total.